The normalized spacial score (nSPS) is 10.4. The summed E-state index contributed by atoms with van der Waals surface area (Å²) in [6.07, 6.45) is 0.477. The van der Waals surface area contributed by atoms with Crippen LogP contribution in [0.15, 0.2) is 22.7 Å². The van der Waals surface area contributed by atoms with Crippen LogP contribution in [0, 0.1) is 17.0 Å². The van der Waals surface area contributed by atoms with Crippen molar-refractivity contribution in [3.05, 3.63) is 45.1 Å². The van der Waals surface area contributed by atoms with E-state index in [4.69, 9.17) is 16.1 Å². The van der Waals surface area contributed by atoms with Gasteiger partial charge in [-0.15, -0.1) is 0 Å². The first-order valence-corrected chi connectivity index (χ1v) is 5.91. The Morgan fingerprint density at radius 2 is 2.32 bits per heavy atom. The van der Waals surface area contributed by atoms with E-state index < -0.39 is 4.92 Å². The van der Waals surface area contributed by atoms with Gasteiger partial charge in [-0.2, -0.15) is 4.98 Å². The number of hydrogen-bond acceptors (Lipinski definition) is 6. The van der Waals surface area contributed by atoms with Crippen LogP contribution in [0.5, 0.6) is 0 Å². The summed E-state index contributed by atoms with van der Waals surface area (Å²) in [6, 6.07) is 4.73. The highest BCUT2D eigenvalue weighted by Crippen LogP contribution is 2.32. The Bertz CT molecular complexity index is 599. The Kier molecular flexibility index (Phi) is 3.96. The average molecular weight is 283 g/mol. The third kappa shape index (κ3) is 3.19. The molecule has 0 fully saturated rings. The molecule has 7 nitrogen and oxygen atoms in total. The maximum atomic E-state index is 10.9. The predicted molar refractivity (Wildman–Crippen MR) is 69.3 cm³/mol. The molecule has 1 heterocycles. The number of rotatable bonds is 5. The molecule has 0 atom stereocenters. The van der Waals surface area contributed by atoms with Gasteiger partial charge in [-0.25, -0.2) is 0 Å². The number of nitrogens with zero attached hydrogens (tertiary/aromatic N) is 3. The lowest BCUT2D eigenvalue weighted by Crippen LogP contribution is -2.07. The van der Waals surface area contributed by atoms with E-state index >= 15 is 0 Å². The Balaban J connectivity index is 2.03. The molecule has 1 aromatic heterocycles. The first kappa shape index (κ1) is 13.3. The number of nitro groups is 1. The average Bonchev–Trinajstić information content (AvgIpc) is 2.74. The summed E-state index contributed by atoms with van der Waals surface area (Å²) in [5, 5.41) is 17.6. The molecule has 0 saturated carbocycles. The molecule has 1 N–H and O–H groups in total. The van der Waals surface area contributed by atoms with Gasteiger partial charge >= 0.3 is 5.69 Å². The maximum Gasteiger partial charge on any atom is 0.310 e. The molecule has 0 aliphatic carbocycles. The van der Waals surface area contributed by atoms with E-state index in [1.54, 1.807) is 19.1 Å². The summed E-state index contributed by atoms with van der Waals surface area (Å²) < 4.78 is 4.94. The Morgan fingerprint density at radius 1 is 1.53 bits per heavy atom. The SMILES string of the molecule is Cc1noc(CCNc2cccc(Cl)c2[N+](=O)[O-])n1. The Hall–Kier alpha value is -2.15. The van der Waals surface area contributed by atoms with E-state index in [9.17, 15) is 10.1 Å². The maximum absolute atomic E-state index is 10.9. The van der Waals surface area contributed by atoms with Gasteiger partial charge in [-0.3, -0.25) is 10.1 Å². The molecule has 0 unspecified atom stereocenters. The highest BCUT2D eigenvalue weighted by atomic mass is 35.5. The summed E-state index contributed by atoms with van der Waals surface area (Å²) in [4.78, 5) is 14.4. The molecule has 0 radical (unpaired) electrons. The standard InChI is InChI=1S/C11H11ClN4O3/c1-7-14-10(19-15-7)5-6-13-9-4-2-3-8(12)11(9)16(17)18/h2-4,13H,5-6H2,1H3. The molecule has 2 rings (SSSR count). The molecule has 19 heavy (non-hydrogen) atoms. The van der Waals surface area contributed by atoms with Crippen molar-refractivity contribution in [2.75, 3.05) is 11.9 Å². The number of nitro benzene ring substituents is 1. The summed E-state index contributed by atoms with van der Waals surface area (Å²) in [5.74, 6) is 1.04. The molecule has 0 saturated heterocycles. The largest absolute Gasteiger partial charge is 0.379 e. The summed E-state index contributed by atoms with van der Waals surface area (Å²) in [7, 11) is 0. The minimum Gasteiger partial charge on any atom is -0.379 e. The van der Waals surface area contributed by atoms with Gasteiger partial charge < -0.3 is 9.84 Å². The van der Waals surface area contributed by atoms with Gasteiger partial charge in [0, 0.05) is 13.0 Å². The number of hydrogen-bond donors (Lipinski definition) is 1. The van der Waals surface area contributed by atoms with E-state index in [2.05, 4.69) is 15.5 Å². The second-order valence-electron chi connectivity index (χ2n) is 3.81. The van der Waals surface area contributed by atoms with Gasteiger partial charge in [0.2, 0.25) is 5.89 Å². The quantitative estimate of drug-likeness (QED) is 0.669. The fourth-order valence-corrected chi connectivity index (χ4v) is 1.83. The molecular weight excluding hydrogens is 272 g/mol. The van der Waals surface area contributed by atoms with Crippen molar-refractivity contribution in [1.29, 1.82) is 0 Å². The minimum absolute atomic E-state index is 0.101. The van der Waals surface area contributed by atoms with Crippen molar-refractivity contribution >= 4 is 23.0 Å². The van der Waals surface area contributed by atoms with Crippen molar-refractivity contribution in [2.24, 2.45) is 0 Å². The molecule has 0 aliphatic rings. The fourth-order valence-electron chi connectivity index (χ4n) is 1.59. The second-order valence-corrected chi connectivity index (χ2v) is 4.21. The monoisotopic (exact) mass is 282 g/mol. The molecule has 0 aliphatic heterocycles. The number of anilines is 1. The van der Waals surface area contributed by atoms with E-state index in [1.165, 1.54) is 6.07 Å². The lowest BCUT2D eigenvalue weighted by molar-refractivity contribution is -0.383. The van der Waals surface area contributed by atoms with Crippen LogP contribution in [0.3, 0.4) is 0 Å². The lowest BCUT2D eigenvalue weighted by Gasteiger charge is -2.06. The van der Waals surface area contributed by atoms with Crippen LogP contribution in [0.2, 0.25) is 5.02 Å². The number of halogens is 1. The van der Waals surface area contributed by atoms with Crippen LogP contribution < -0.4 is 5.32 Å². The molecule has 0 bridgehead atoms. The third-order valence-corrected chi connectivity index (χ3v) is 2.70. The molecule has 2 aromatic rings. The Morgan fingerprint density at radius 3 is 2.95 bits per heavy atom. The first-order chi connectivity index (χ1) is 9.08. The van der Waals surface area contributed by atoms with E-state index in [0.29, 0.717) is 30.4 Å². The van der Waals surface area contributed by atoms with Crippen molar-refractivity contribution in [3.8, 4) is 0 Å². The van der Waals surface area contributed by atoms with Crippen molar-refractivity contribution < 1.29 is 9.45 Å². The number of aromatic nitrogens is 2. The Labute approximate surface area is 113 Å². The van der Waals surface area contributed by atoms with Crippen LogP contribution in [0.4, 0.5) is 11.4 Å². The summed E-state index contributed by atoms with van der Waals surface area (Å²) in [6.45, 7) is 2.16. The zero-order valence-electron chi connectivity index (χ0n) is 10.1. The zero-order chi connectivity index (χ0) is 13.8. The molecule has 100 valence electrons. The van der Waals surface area contributed by atoms with Gasteiger partial charge in [-0.1, -0.05) is 22.8 Å². The minimum atomic E-state index is -0.512. The second kappa shape index (κ2) is 5.66. The molecule has 8 heteroatoms. The predicted octanol–water partition coefficient (Wildman–Crippen LogP) is 2.59. The van der Waals surface area contributed by atoms with Gasteiger partial charge in [0.05, 0.1) is 4.92 Å². The van der Waals surface area contributed by atoms with Gasteiger partial charge in [0.15, 0.2) is 5.82 Å². The van der Waals surface area contributed by atoms with Crippen molar-refractivity contribution in [3.63, 3.8) is 0 Å². The number of nitrogens with one attached hydrogen (secondary N) is 1. The van der Waals surface area contributed by atoms with E-state index in [-0.39, 0.29) is 10.7 Å². The van der Waals surface area contributed by atoms with Crippen molar-refractivity contribution in [1.82, 2.24) is 10.1 Å². The van der Waals surface area contributed by atoms with Crippen LogP contribution in [0.25, 0.3) is 0 Å². The fraction of sp³-hybridized carbons (Fsp3) is 0.273. The topological polar surface area (TPSA) is 94.1 Å². The van der Waals surface area contributed by atoms with Crippen LogP contribution in [-0.4, -0.2) is 21.6 Å². The molecule has 1 aromatic carbocycles. The lowest BCUT2D eigenvalue weighted by atomic mass is 10.2. The van der Waals surface area contributed by atoms with Crippen molar-refractivity contribution in [2.45, 2.75) is 13.3 Å². The van der Waals surface area contributed by atoms with Crippen LogP contribution >= 0.6 is 11.6 Å². The van der Waals surface area contributed by atoms with Gasteiger partial charge in [-0.05, 0) is 19.1 Å². The van der Waals surface area contributed by atoms with E-state index in [0.717, 1.165) is 0 Å². The third-order valence-electron chi connectivity index (χ3n) is 2.39. The van der Waals surface area contributed by atoms with E-state index in [1.807, 2.05) is 0 Å². The number of para-hydroxylation sites is 1. The van der Waals surface area contributed by atoms with Gasteiger partial charge in [0.25, 0.3) is 0 Å². The van der Waals surface area contributed by atoms with Crippen LogP contribution in [0.1, 0.15) is 11.7 Å². The highest BCUT2D eigenvalue weighted by molar-refractivity contribution is 6.33. The van der Waals surface area contributed by atoms with Crippen LogP contribution in [-0.2, 0) is 6.42 Å². The molecule has 0 amide bonds. The smallest absolute Gasteiger partial charge is 0.310 e. The molecule has 0 spiro atoms. The summed E-state index contributed by atoms with van der Waals surface area (Å²) in [5.41, 5.74) is 0.236. The first-order valence-electron chi connectivity index (χ1n) is 5.54. The highest BCUT2D eigenvalue weighted by Gasteiger charge is 2.17. The summed E-state index contributed by atoms with van der Waals surface area (Å²) >= 11 is 5.80. The molecular formula is C11H11ClN4O3. The zero-order valence-corrected chi connectivity index (χ0v) is 10.8. The number of benzene rings is 1. The van der Waals surface area contributed by atoms with Gasteiger partial charge in [0.1, 0.15) is 10.7 Å². The number of aryl methyl sites for hydroxylation is 1.